The fraction of sp³-hybridized carbons (Fsp3) is 0.300. The van der Waals surface area contributed by atoms with Gasteiger partial charge in [-0.2, -0.15) is 0 Å². The van der Waals surface area contributed by atoms with Gasteiger partial charge in [-0.05, 0) is 12.1 Å². The molecule has 1 aromatic rings. The quantitative estimate of drug-likeness (QED) is 0.323. The minimum absolute atomic E-state index is 0.121. The van der Waals surface area contributed by atoms with Gasteiger partial charge >= 0.3 is 13.8 Å². The Bertz CT molecular complexity index is 487. The molecule has 0 bridgehead atoms. The number of carbonyl (C=O) groups is 1. The molecule has 0 heterocycles. The van der Waals surface area contributed by atoms with E-state index in [1.165, 1.54) is 12.1 Å². The standard InChI is InChI=1S/C10H14NO7P/c11-9-4-2-1-3-8(9)10(13)17-6-7(5-12)18-19(14,15)16/h1-4,7,12H,5-6,11H2,(H2,14,15,16). The lowest BCUT2D eigenvalue weighted by atomic mass is 10.2. The predicted octanol–water partition coefficient (Wildman–Crippen LogP) is -0.104. The van der Waals surface area contributed by atoms with Crippen molar-refractivity contribution in [1.82, 2.24) is 0 Å². The molecule has 8 nitrogen and oxygen atoms in total. The maximum atomic E-state index is 11.6. The minimum atomic E-state index is -4.76. The molecule has 1 atom stereocenters. The Kier molecular flexibility index (Phi) is 5.46. The lowest BCUT2D eigenvalue weighted by Crippen LogP contribution is -2.25. The molecule has 0 amide bonds. The topological polar surface area (TPSA) is 139 Å². The average Bonchev–Trinajstić information content (AvgIpc) is 2.33. The number of benzene rings is 1. The van der Waals surface area contributed by atoms with Crippen LogP contribution in [0.15, 0.2) is 24.3 Å². The van der Waals surface area contributed by atoms with Crippen molar-refractivity contribution in [2.75, 3.05) is 18.9 Å². The molecule has 0 aliphatic heterocycles. The van der Waals surface area contributed by atoms with Gasteiger partial charge in [-0.3, -0.25) is 4.52 Å². The van der Waals surface area contributed by atoms with Gasteiger partial charge in [-0.25, -0.2) is 9.36 Å². The van der Waals surface area contributed by atoms with E-state index in [4.69, 9.17) is 25.4 Å². The largest absolute Gasteiger partial charge is 0.470 e. The van der Waals surface area contributed by atoms with Crippen molar-refractivity contribution < 1.29 is 33.5 Å². The van der Waals surface area contributed by atoms with Crippen LogP contribution in [0.1, 0.15) is 10.4 Å². The highest BCUT2D eigenvalue weighted by Gasteiger charge is 2.23. The summed E-state index contributed by atoms with van der Waals surface area (Å²) in [4.78, 5) is 28.7. The molecule has 0 radical (unpaired) electrons. The van der Waals surface area contributed by atoms with Crippen molar-refractivity contribution >= 4 is 19.5 Å². The summed E-state index contributed by atoms with van der Waals surface area (Å²) in [5.74, 6) is -0.772. The molecule has 0 aliphatic carbocycles. The first-order chi connectivity index (χ1) is 8.83. The number of aliphatic hydroxyl groups excluding tert-OH is 1. The number of hydrogen-bond donors (Lipinski definition) is 4. The van der Waals surface area contributed by atoms with Crippen molar-refractivity contribution in [2.24, 2.45) is 0 Å². The molecule has 19 heavy (non-hydrogen) atoms. The molecule has 1 rings (SSSR count). The summed E-state index contributed by atoms with van der Waals surface area (Å²) >= 11 is 0. The molecule has 0 aromatic heterocycles. The molecule has 0 spiro atoms. The van der Waals surface area contributed by atoms with E-state index < -0.39 is 33.1 Å². The van der Waals surface area contributed by atoms with Gasteiger partial charge in [0.05, 0.1) is 12.2 Å². The summed E-state index contributed by atoms with van der Waals surface area (Å²) in [6, 6.07) is 6.17. The minimum Gasteiger partial charge on any atom is -0.459 e. The number of nitrogens with two attached hydrogens (primary N) is 1. The van der Waals surface area contributed by atoms with Crippen molar-refractivity contribution in [3.8, 4) is 0 Å². The van der Waals surface area contributed by atoms with Gasteiger partial charge in [0.2, 0.25) is 0 Å². The third-order valence-electron chi connectivity index (χ3n) is 2.07. The molecule has 0 fully saturated rings. The van der Waals surface area contributed by atoms with E-state index in [9.17, 15) is 9.36 Å². The lowest BCUT2D eigenvalue weighted by molar-refractivity contribution is 0.00812. The van der Waals surface area contributed by atoms with Crippen LogP contribution in [0.25, 0.3) is 0 Å². The maximum Gasteiger partial charge on any atom is 0.470 e. The summed E-state index contributed by atoms with van der Waals surface area (Å²) < 4.78 is 19.5. The van der Waals surface area contributed by atoms with E-state index in [-0.39, 0.29) is 11.3 Å². The van der Waals surface area contributed by atoms with Crippen molar-refractivity contribution in [3.05, 3.63) is 29.8 Å². The Morgan fingerprint density at radius 1 is 1.37 bits per heavy atom. The van der Waals surface area contributed by atoms with Crippen LogP contribution in [0.3, 0.4) is 0 Å². The lowest BCUT2D eigenvalue weighted by Gasteiger charge is -2.16. The smallest absolute Gasteiger partial charge is 0.459 e. The molecule has 0 saturated heterocycles. The highest BCUT2D eigenvalue weighted by molar-refractivity contribution is 7.46. The summed E-state index contributed by atoms with van der Waals surface area (Å²) in [6.07, 6.45) is -1.31. The van der Waals surface area contributed by atoms with Gasteiger partial charge in [0.1, 0.15) is 12.7 Å². The number of carbonyl (C=O) groups excluding carboxylic acids is 1. The van der Waals surface area contributed by atoms with Crippen molar-refractivity contribution in [2.45, 2.75) is 6.10 Å². The number of rotatable bonds is 6. The van der Waals surface area contributed by atoms with Crippen LogP contribution in [0, 0.1) is 0 Å². The Hall–Kier alpha value is -1.44. The van der Waals surface area contributed by atoms with Gasteiger partial charge in [0.25, 0.3) is 0 Å². The summed E-state index contributed by atoms with van der Waals surface area (Å²) in [5, 5.41) is 8.84. The molecule has 0 aliphatic rings. The first-order valence-electron chi connectivity index (χ1n) is 5.20. The first-order valence-corrected chi connectivity index (χ1v) is 6.73. The maximum absolute atomic E-state index is 11.6. The highest BCUT2D eigenvalue weighted by atomic mass is 31.2. The van der Waals surface area contributed by atoms with E-state index in [0.717, 1.165) is 0 Å². The Labute approximate surface area is 109 Å². The Balaban J connectivity index is 2.58. The Morgan fingerprint density at radius 3 is 2.53 bits per heavy atom. The predicted molar refractivity (Wildman–Crippen MR) is 65.1 cm³/mol. The molecule has 5 N–H and O–H groups in total. The molecule has 1 unspecified atom stereocenters. The van der Waals surface area contributed by atoms with Gasteiger partial charge in [0.15, 0.2) is 0 Å². The summed E-state index contributed by atoms with van der Waals surface area (Å²) in [6.45, 7) is -1.21. The zero-order valence-corrected chi connectivity index (χ0v) is 10.7. The molecular formula is C10H14NO7P. The fourth-order valence-electron chi connectivity index (χ4n) is 1.24. The number of anilines is 1. The average molecular weight is 291 g/mol. The van der Waals surface area contributed by atoms with Crippen LogP contribution >= 0.6 is 7.82 Å². The van der Waals surface area contributed by atoms with Gasteiger partial charge in [-0.1, -0.05) is 12.1 Å². The zero-order chi connectivity index (χ0) is 14.5. The molecule has 0 saturated carbocycles. The molecule has 106 valence electrons. The Morgan fingerprint density at radius 2 is 2.00 bits per heavy atom. The number of esters is 1. The van der Waals surface area contributed by atoms with Gasteiger partial charge in [-0.15, -0.1) is 0 Å². The van der Waals surface area contributed by atoms with Crippen LogP contribution in [0.5, 0.6) is 0 Å². The number of aliphatic hydroxyl groups is 1. The zero-order valence-electron chi connectivity index (χ0n) is 9.80. The number of para-hydroxylation sites is 1. The number of hydrogen-bond acceptors (Lipinski definition) is 6. The number of nitrogen functional groups attached to an aromatic ring is 1. The molecule has 9 heteroatoms. The fourth-order valence-corrected chi connectivity index (χ4v) is 1.76. The van der Waals surface area contributed by atoms with Crippen molar-refractivity contribution in [1.29, 1.82) is 0 Å². The van der Waals surface area contributed by atoms with E-state index in [2.05, 4.69) is 4.52 Å². The van der Waals surface area contributed by atoms with E-state index in [1.54, 1.807) is 12.1 Å². The summed E-state index contributed by atoms with van der Waals surface area (Å²) in [5.41, 5.74) is 5.89. The van der Waals surface area contributed by atoms with Crippen LogP contribution in [-0.4, -0.2) is 40.2 Å². The molecule has 1 aromatic carbocycles. The van der Waals surface area contributed by atoms with Gasteiger partial charge < -0.3 is 25.4 Å². The molecular weight excluding hydrogens is 277 g/mol. The normalized spacial score (nSPS) is 13.0. The second-order valence-electron chi connectivity index (χ2n) is 3.59. The third-order valence-corrected chi connectivity index (χ3v) is 2.64. The van der Waals surface area contributed by atoms with Crippen LogP contribution in [0.2, 0.25) is 0 Å². The first kappa shape index (κ1) is 15.6. The number of phosphoric acid groups is 1. The van der Waals surface area contributed by atoms with Gasteiger partial charge in [0, 0.05) is 5.69 Å². The second kappa shape index (κ2) is 6.65. The van der Waals surface area contributed by atoms with E-state index in [0.29, 0.717) is 0 Å². The van der Waals surface area contributed by atoms with Crippen molar-refractivity contribution in [3.63, 3.8) is 0 Å². The van der Waals surface area contributed by atoms with Crippen LogP contribution in [0.4, 0.5) is 5.69 Å². The SMILES string of the molecule is Nc1ccccc1C(=O)OCC(CO)OP(=O)(O)O. The second-order valence-corrected chi connectivity index (χ2v) is 4.78. The monoisotopic (exact) mass is 291 g/mol. The summed E-state index contributed by atoms with van der Waals surface area (Å²) in [7, 11) is -4.76. The van der Waals surface area contributed by atoms with Crippen LogP contribution in [-0.2, 0) is 13.8 Å². The number of phosphoric ester groups is 1. The third kappa shape index (κ3) is 5.37. The highest BCUT2D eigenvalue weighted by Crippen LogP contribution is 2.37. The van der Waals surface area contributed by atoms with Crippen LogP contribution < -0.4 is 5.73 Å². The number of ether oxygens (including phenoxy) is 1. The van der Waals surface area contributed by atoms with E-state index in [1.807, 2.05) is 0 Å². The van der Waals surface area contributed by atoms with E-state index >= 15 is 0 Å².